The Morgan fingerprint density at radius 1 is 1.07 bits per heavy atom. The van der Waals surface area contributed by atoms with Crippen LogP contribution in [0.5, 0.6) is 0 Å². The molecule has 1 saturated carbocycles. The molecule has 0 saturated heterocycles. The van der Waals surface area contributed by atoms with Crippen LogP contribution in [0.2, 0.25) is 0 Å². The molecule has 0 radical (unpaired) electrons. The fraction of sp³-hybridized carbons (Fsp3) is 0.636. The monoisotopic (exact) mass is 209 g/mol. The lowest BCUT2D eigenvalue weighted by Gasteiger charge is -2.28. The Hall–Kier alpha value is -1.16. The maximum Gasteiger partial charge on any atom is 0.253 e. The van der Waals surface area contributed by atoms with E-state index < -0.39 is 6.10 Å². The lowest BCUT2D eigenvalue weighted by molar-refractivity contribution is -0.142. The first kappa shape index (κ1) is 10.4. The summed E-state index contributed by atoms with van der Waals surface area (Å²) in [6, 6.07) is -0.317. The number of hydrogen-bond acceptors (Lipinski definition) is 3. The highest BCUT2D eigenvalue weighted by Crippen LogP contribution is 2.24. The van der Waals surface area contributed by atoms with Crippen molar-refractivity contribution in [2.45, 2.75) is 44.2 Å². The molecular weight excluding hydrogens is 194 g/mol. The van der Waals surface area contributed by atoms with Gasteiger partial charge < -0.3 is 5.11 Å². The summed E-state index contributed by atoms with van der Waals surface area (Å²) in [7, 11) is 0. The van der Waals surface area contributed by atoms with Crippen molar-refractivity contribution in [2.24, 2.45) is 0 Å². The van der Waals surface area contributed by atoms with Crippen LogP contribution in [-0.4, -0.2) is 34.0 Å². The summed E-state index contributed by atoms with van der Waals surface area (Å²) in [5.41, 5.74) is 0. The van der Waals surface area contributed by atoms with Crippen LogP contribution in [0.3, 0.4) is 0 Å². The van der Waals surface area contributed by atoms with E-state index in [9.17, 15) is 14.7 Å². The van der Waals surface area contributed by atoms with Gasteiger partial charge in [0.25, 0.3) is 11.8 Å². The highest BCUT2D eigenvalue weighted by atomic mass is 16.3. The number of aliphatic hydroxyl groups excluding tert-OH is 1. The van der Waals surface area contributed by atoms with E-state index in [0.717, 1.165) is 25.7 Å². The summed E-state index contributed by atoms with van der Waals surface area (Å²) in [6.07, 6.45) is 6.42. The number of nitrogens with zero attached hydrogens (tertiary/aromatic N) is 1. The van der Waals surface area contributed by atoms with Crippen LogP contribution < -0.4 is 0 Å². The van der Waals surface area contributed by atoms with E-state index in [1.54, 1.807) is 0 Å². The Kier molecular flexibility index (Phi) is 2.86. The van der Waals surface area contributed by atoms with Gasteiger partial charge in [-0.3, -0.25) is 14.5 Å². The zero-order chi connectivity index (χ0) is 10.8. The zero-order valence-corrected chi connectivity index (χ0v) is 8.56. The van der Waals surface area contributed by atoms with Gasteiger partial charge >= 0.3 is 0 Å². The largest absolute Gasteiger partial charge is 0.391 e. The minimum atomic E-state index is -0.555. The normalized spacial score (nSPS) is 32.2. The van der Waals surface area contributed by atoms with Gasteiger partial charge in [-0.25, -0.2) is 0 Å². The smallest absolute Gasteiger partial charge is 0.253 e. The number of imide groups is 1. The second-order valence-electron chi connectivity index (χ2n) is 4.15. The van der Waals surface area contributed by atoms with E-state index in [2.05, 4.69) is 0 Å². The summed E-state index contributed by atoms with van der Waals surface area (Å²) >= 11 is 0. The van der Waals surface area contributed by atoms with Crippen LogP contribution in [0.15, 0.2) is 12.2 Å². The van der Waals surface area contributed by atoms with E-state index >= 15 is 0 Å². The van der Waals surface area contributed by atoms with Crippen LogP contribution >= 0.6 is 0 Å². The molecule has 82 valence electrons. The lowest BCUT2D eigenvalue weighted by atomic mass is 10.0. The molecule has 2 amide bonds. The first-order valence-corrected chi connectivity index (χ1v) is 5.43. The molecule has 15 heavy (non-hydrogen) atoms. The molecular formula is C11H15NO3. The minimum absolute atomic E-state index is 0.286. The Morgan fingerprint density at radius 2 is 1.67 bits per heavy atom. The van der Waals surface area contributed by atoms with E-state index in [1.165, 1.54) is 17.1 Å². The molecule has 0 spiro atoms. The molecule has 2 atom stereocenters. The van der Waals surface area contributed by atoms with Gasteiger partial charge in [-0.05, 0) is 12.8 Å². The second-order valence-corrected chi connectivity index (χ2v) is 4.15. The van der Waals surface area contributed by atoms with Gasteiger partial charge in [0.2, 0.25) is 0 Å². The Labute approximate surface area is 88.6 Å². The quantitative estimate of drug-likeness (QED) is 0.508. The van der Waals surface area contributed by atoms with Gasteiger partial charge in [0, 0.05) is 12.2 Å². The topological polar surface area (TPSA) is 57.6 Å². The summed E-state index contributed by atoms with van der Waals surface area (Å²) in [4.78, 5) is 24.1. The van der Waals surface area contributed by atoms with Gasteiger partial charge in [-0.1, -0.05) is 19.3 Å². The highest BCUT2D eigenvalue weighted by molar-refractivity contribution is 6.13. The number of carbonyl (C=O) groups is 2. The molecule has 2 aliphatic rings. The molecule has 0 bridgehead atoms. The number of amides is 2. The maximum absolute atomic E-state index is 11.4. The van der Waals surface area contributed by atoms with Gasteiger partial charge in [0.05, 0.1) is 12.1 Å². The molecule has 2 unspecified atom stereocenters. The number of carbonyl (C=O) groups excluding carboxylic acids is 2. The Bertz CT molecular complexity index is 293. The van der Waals surface area contributed by atoms with E-state index in [4.69, 9.17) is 0 Å². The van der Waals surface area contributed by atoms with Crippen molar-refractivity contribution in [2.75, 3.05) is 0 Å². The number of aliphatic hydroxyl groups is 1. The van der Waals surface area contributed by atoms with Crippen molar-refractivity contribution in [3.05, 3.63) is 12.2 Å². The average molecular weight is 209 g/mol. The summed E-state index contributed by atoms with van der Waals surface area (Å²) < 4.78 is 0. The fourth-order valence-electron chi connectivity index (χ4n) is 2.31. The van der Waals surface area contributed by atoms with Gasteiger partial charge in [0.1, 0.15) is 0 Å². The summed E-state index contributed by atoms with van der Waals surface area (Å²) in [6.45, 7) is 0. The predicted molar refractivity (Wildman–Crippen MR) is 53.9 cm³/mol. The van der Waals surface area contributed by atoms with Crippen molar-refractivity contribution in [3.63, 3.8) is 0 Å². The predicted octanol–water partition coefficient (Wildman–Crippen LogP) is 0.605. The third-order valence-electron chi connectivity index (χ3n) is 3.12. The summed E-state index contributed by atoms with van der Waals surface area (Å²) in [5, 5.41) is 9.87. The maximum atomic E-state index is 11.4. The Balaban J connectivity index is 2.14. The molecule has 0 aromatic heterocycles. The molecule has 1 aliphatic heterocycles. The third-order valence-corrected chi connectivity index (χ3v) is 3.12. The second kappa shape index (κ2) is 4.14. The van der Waals surface area contributed by atoms with Crippen LogP contribution in [0.1, 0.15) is 32.1 Å². The number of rotatable bonds is 1. The molecule has 0 aromatic rings. The van der Waals surface area contributed by atoms with Crippen LogP contribution in [0.25, 0.3) is 0 Å². The summed E-state index contributed by atoms with van der Waals surface area (Å²) in [5.74, 6) is -0.572. The van der Waals surface area contributed by atoms with E-state index in [-0.39, 0.29) is 17.9 Å². The van der Waals surface area contributed by atoms with Crippen LogP contribution in [-0.2, 0) is 9.59 Å². The molecule has 4 heteroatoms. The van der Waals surface area contributed by atoms with Gasteiger partial charge in [-0.2, -0.15) is 0 Å². The van der Waals surface area contributed by atoms with Crippen LogP contribution in [0, 0.1) is 0 Å². The van der Waals surface area contributed by atoms with Crippen molar-refractivity contribution in [3.8, 4) is 0 Å². The molecule has 4 nitrogen and oxygen atoms in total. The zero-order valence-electron chi connectivity index (χ0n) is 8.56. The molecule has 1 heterocycles. The van der Waals surface area contributed by atoms with Crippen molar-refractivity contribution in [1.29, 1.82) is 0 Å². The molecule has 0 aromatic carbocycles. The molecule has 1 aliphatic carbocycles. The number of hydrogen-bond donors (Lipinski definition) is 1. The minimum Gasteiger partial charge on any atom is -0.391 e. The van der Waals surface area contributed by atoms with E-state index in [0.29, 0.717) is 6.42 Å². The first-order valence-electron chi connectivity index (χ1n) is 5.43. The average Bonchev–Trinajstić information content (AvgIpc) is 2.42. The van der Waals surface area contributed by atoms with Crippen LogP contribution in [0.4, 0.5) is 0 Å². The highest BCUT2D eigenvalue weighted by Gasteiger charge is 2.35. The molecule has 2 rings (SSSR count). The molecule has 1 N–H and O–H groups in total. The van der Waals surface area contributed by atoms with E-state index in [1.807, 2.05) is 0 Å². The van der Waals surface area contributed by atoms with Gasteiger partial charge in [0.15, 0.2) is 0 Å². The van der Waals surface area contributed by atoms with Gasteiger partial charge in [-0.15, -0.1) is 0 Å². The fourth-order valence-corrected chi connectivity index (χ4v) is 2.31. The first-order chi connectivity index (χ1) is 7.20. The standard InChI is InChI=1S/C11H15NO3/c13-9-5-3-1-2-4-8(9)12-10(14)6-7-11(12)15/h6-9,13H,1-5H2. The lowest BCUT2D eigenvalue weighted by Crippen LogP contribution is -2.46. The SMILES string of the molecule is O=C1C=CC(=O)N1C1CCCCCC1O. The van der Waals surface area contributed by atoms with Crippen molar-refractivity contribution < 1.29 is 14.7 Å². The third kappa shape index (κ3) is 1.95. The van der Waals surface area contributed by atoms with Crippen molar-refractivity contribution >= 4 is 11.8 Å². The molecule has 1 fully saturated rings. The van der Waals surface area contributed by atoms with Crippen molar-refractivity contribution in [1.82, 2.24) is 4.90 Å². The Morgan fingerprint density at radius 3 is 2.33 bits per heavy atom.